The van der Waals surface area contributed by atoms with E-state index in [9.17, 15) is 9.59 Å². The number of nitrogens with zero attached hydrogens (tertiary/aromatic N) is 3. The summed E-state index contributed by atoms with van der Waals surface area (Å²) in [5.41, 5.74) is 2.58. The lowest BCUT2D eigenvalue weighted by molar-refractivity contribution is -0.122. The Bertz CT molecular complexity index is 914. The molecule has 0 saturated heterocycles. The molecule has 0 saturated carbocycles. The molecule has 0 N–H and O–H groups in total. The predicted octanol–water partition coefficient (Wildman–Crippen LogP) is 3.62. The lowest BCUT2D eigenvalue weighted by Crippen LogP contribution is -2.43. The van der Waals surface area contributed by atoms with Crippen LogP contribution in [-0.2, 0) is 16.8 Å². The van der Waals surface area contributed by atoms with E-state index in [4.69, 9.17) is 0 Å². The summed E-state index contributed by atoms with van der Waals surface area (Å²) in [5, 5.41) is 0.718. The van der Waals surface area contributed by atoms with Crippen molar-refractivity contribution in [3.63, 3.8) is 0 Å². The van der Waals surface area contributed by atoms with Crippen LogP contribution in [0.2, 0.25) is 0 Å². The van der Waals surface area contributed by atoms with E-state index in [1.54, 1.807) is 10.6 Å². The van der Waals surface area contributed by atoms with Crippen LogP contribution in [0.1, 0.15) is 39.0 Å². The van der Waals surface area contributed by atoms with Crippen LogP contribution in [-0.4, -0.2) is 27.8 Å². The Labute approximate surface area is 164 Å². The fraction of sp³-hybridized carbons (Fsp3) is 0.476. The summed E-state index contributed by atoms with van der Waals surface area (Å²) >= 11 is 1.50. The van der Waals surface area contributed by atoms with Gasteiger partial charge in [0.2, 0.25) is 5.91 Å². The highest BCUT2D eigenvalue weighted by Gasteiger charge is 2.31. The van der Waals surface area contributed by atoms with Gasteiger partial charge >= 0.3 is 0 Å². The van der Waals surface area contributed by atoms with Gasteiger partial charge in [0.05, 0.1) is 11.6 Å². The molecule has 0 fully saturated rings. The number of benzene rings is 1. The van der Waals surface area contributed by atoms with Gasteiger partial charge in [-0.2, -0.15) is 0 Å². The first kappa shape index (κ1) is 19.7. The van der Waals surface area contributed by atoms with Crippen LogP contribution in [0.15, 0.2) is 40.3 Å². The number of amides is 1. The number of anilines is 1. The molecule has 1 aliphatic rings. The molecule has 3 rings (SSSR count). The molecule has 1 atom stereocenters. The van der Waals surface area contributed by atoms with E-state index < -0.39 is 0 Å². The summed E-state index contributed by atoms with van der Waals surface area (Å²) in [7, 11) is 0. The summed E-state index contributed by atoms with van der Waals surface area (Å²) < 4.78 is 1.65. The molecule has 0 bridgehead atoms. The Hall–Kier alpha value is -2.08. The molecule has 1 aromatic heterocycles. The lowest BCUT2D eigenvalue weighted by atomic mass is 9.92. The number of aryl methyl sites for hydroxylation is 1. The number of fused-ring (bicyclic) bond motifs is 1. The van der Waals surface area contributed by atoms with Gasteiger partial charge in [-0.1, -0.05) is 44.7 Å². The quantitative estimate of drug-likeness (QED) is 0.757. The average Bonchev–Trinajstić information content (AvgIpc) is 2.61. The summed E-state index contributed by atoms with van der Waals surface area (Å²) in [6, 6.07) is 9.58. The normalized spacial score (nSPS) is 16.7. The molecule has 6 heteroatoms. The molecule has 0 radical (unpaired) electrons. The van der Waals surface area contributed by atoms with Gasteiger partial charge in [-0.25, -0.2) is 4.98 Å². The molecule has 0 aliphatic carbocycles. The van der Waals surface area contributed by atoms with E-state index >= 15 is 0 Å². The van der Waals surface area contributed by atoms with Crippen LogP contribution in [0.5, 0.6) is 0 Å². The van der Waals surface area contributed by atoms with E-state index in [1.807, 2.05) is 63.8 Å². The van der Waals surface area contributed by atoms with Crippen molar-refractivity contribution in [2.75, 3.05) is 17.2 Å². The SMILES string of the molecule is CCN(C(=O)C1CSc2nc(C(C)(C)C)cc(=O)n2C1)c1cccc(C)c1. The third kappa shape index (κ3) is 4.10. The highest BCUT2D eigenvalue weighted by atomic mass is 32.2. The van der Waals surface area contributed by atoms with Gasteiger partial charge in [-0.05, 0) is 31.5 Å². The van der Waals surface area contributed by atoms with E-state index in [1.165, 1.54) is 11.8 Å². The monoisotopic (exact) mass is 385 g/mol. The molecule has 0 spiro atoms. The van der Waals surface area contributed by atoms with Gasteiger partial charge in [-0.15, -0.1) is 0 Å². The Morgan fingerprint density at radius 3 is 2.70 bits per heavy atom. The standard InChI is InChI=1S/C21H27N3O2S/c1-6-23(16-9-7-8-14(2)10-16)19(26)15-12-24-18(25)11-17(21(3,4)5)22-20(24)27-13-15/h7-11,15H,6,12-13H2,1-5H3. The van der Waals surface area contributed by atoms with Gasteiger partial charge < -0.3 is 4.90 Å². The van der Waals surface area contributed by atoms with Crippen molar-refractivity contribution in [3.05, 3.63) is 51.9 Å². The number of aromatic nitrogens is 2. The third-order valence-corrected chi connectivity index (χ3v) is 5.94. The first-order valence-electron chi connectivity index (χ1n) is 9.34. The van der Waals surface area contributed by atoms with Gasteiger partial charge in [-0.3, -0.25) is 14.2 Å². The fourth-order valence-corrected chi connectivity index (χ4v) is 4.31. The molecule has 2 heterocycles. The molecule has 5 nitrogen and oxygen atoms in total. The van der Waals surface area contributed by atoms with Gasteiger partial charge in [0.25, 0.3) is 5.56 Å². The number of carbonyl (C=O) groups excluding carboxylic acids is 1. The maximum absolute atomic E-state index is 13.2. The Balaban J connectivity index is 1.87. The number of hydrogen-bond acceptors (Lipinski definition) is 4. The van der Waals surface area contributed by atoms with Crippen molar-refractivity contribution in [1.29, 1.82) is 0 Å². The molecule has 144 valence electrons. The lowest BCUT2D eigenvalue weighted by Gasteiger charge is -2.30. The smallest absolute Gasteiger partial charge is 0.254 e. The highest BCUT2D eigenvalue weighted by Crippen LogP contribution is 2.30. The molecular formula is C21H27N3O2S. The van der Waals surface area contributed by atoms with E-state index in [2.05, 4.69) is 4.98 Å². The van der Waals surface area contributed by atoms with Crippen molar-refractivity contribution < 1.29 is 4.79 Å². The minimum absolute atomic E-state index is 0.0630. The molecule has 1 aliphatic heterocycles. The zero-order valence-electron chi connectivity index (χ0n) is 16.7. The summed E-state index contributed by atoms with van der Waals surface area (Å²) in [4.78, 5) is 32.3. The first-order chi connectivity index (χ1) is 12.7. The molecule has 2 aromatic rings. The van der Waals surface area contributed by atoms with Crippen molar-refractivity contribution in [1.82, 2.24) is 9.55 Å². The molecule has 27 heavy (non-hydrogen) atoms. The maximum Gasteiger partial charge on any atom is 0.254 e. The number of carbonyl (C=O) groups is 1. The fourth-order valence-electron chi connectivity index (χ4n) is 3.23. The van der Waals surface area contributed by atoms with Crippen LogP contribution in [0.4, 0.5) is 5.69 Å². The van der Waals surface area contributed by atoms with Crippen LogP contribution in [0.3, 0.4) is 0 Å². The maximum atomic E-state index is 13.2. The van der Waals surface area contributed by atoms with Crippen molar-refractivity contribution >= 4 is 23.4 Å². The molecular weight excluding hydrogens is 358 g/mol. The second kappa shape index (κ2) is 7.50. The zero-order valence-corrected chi connectivity index (χ0v) is 17.5. The minimum atomic E-state index is -0.233. The summed E-state index contributed by atoms with van der Waals surface area (Å²) in [6.45, 7) is 11.1. The van der Waals surface area contributed by atoms with Gasteiger partial charge in [0.15, 0.2) is 5.16 Å². The third-order valence-electron chi connectivity index (χ3n) is 4.80. The number of hydrogen-bond donors (Lipinski definition) is 0. The Morgan fingerprint density at radius 1 is 1.33 bits per heavy atom. The van der Waals surface area contributed by atoms with E-state index in [0.29, 0.717) is 18.8 Å². The topological polar surface area (TPSA) is 55.2 Å². The molecule has 1 unspecified atom stereocenters. The van der Waals surface area contributed by atoms with Gasteiger partial charge in [0.1, 0.15) is 0 Å². The Kier molecular flexibility index (Phi) is 5.47. The number of thioether (sulfide) groups is 1. The molecule has 1 aromatic carbocycles. The highest BCUT2D eigenvalue weighted by molar-refractivity contribution is 7.99. The van der Waals surface area contributed by atoms with Crippen LogP contribution in [0, 0.1) is 12.8 Å². The zero-order chi connectivity index (χ0) is 19.8. The predicted molar refractivity (Wildman–Crippen MR) is 111 cm³/mol. The average molecular weight is 386 g/mol. The van der Waals surface area contributed by atoms with Crippen LogP contribution < -0.4 is 10.5 Å². The van der Waals surface area contributed by atoms with E-state index in [-0.39, 0.29) is 22.8 Å². The summed E-state index contributed by atoms with van der Waals surface area (Å²) in [5.74, 6) is 0.470. The minimum Gasteiger partial charge on any atom is -0.312 e. The van der Waals surface area contributed by atoms with Crippen molar-refractivity contribution in [3.8, 4) is 0 Å². The van der Waals surface area contributed by atoms with Crippen LogP contribution >= 0.6 is 11.8 Å². The van der Waals surface area contributed by atoms with Crippen molar-refractivity contribution in [2.24, 2.45) is 5.92 Å². The largest absolute Gasteiger partial charge is 0.312 e. The molecule has 1 amide bonds. The van der Waals surface area contributed by atoms with Crippen LogP contribution in [0.25, 0.3) is 0 Å². The van der Waals surface area contributed by atoms with Crippen molar-refractivity contribution in [2.45, 2.75) is 51.7 Å². The number of rotatable bonds is 3. The second-order valence-corrected chi connectivity index (χ2v) is 9.04. The summed E-state index contributed by atoms with van der Waals surface area (Å²) in [6.07, 6.45) is 0. The van der Waals surface area contributed by atoms with Gasteiger partial charge in [0, 0.05) is 36.0 Å². The Morgan fingerprint density at radius 2 is 2.07 bits per heavy atom. The first-order valence-corrected chi connectivity index (χ1v) is 10.3. The van der Waals surface area contributed by atoms with E-state index in [0.717, 1.165) is 22.1 Å². The second-order valence-electron chi connectivity index (χ2n) is 8.05.